The molecule has 0 fully saturated rings. The summed E-state index contributed by atoms with van der Waals surface area (Å²) in [4.78, 5) is 12.5. The number of anilines is 2. The van der Waals surface area contributed by atoms with Gasteiger partial charge in [-0.3, -0.25) is 4.79 Å². The van der Waals surface area contributed by atoms with E-state index in [-0.39, 0.29) is 5.91 Å². The summed E-state index contributed by atoms with van der Waals surface area (Å²) in [5.74, 6) is -0.353. The first-order valence-corrected chi connectivity index (χ1v) is 7.33. The van der Waals surface area contributed by atoms with E-state index in [1.807, 2.05) is 54.6 Å². The van der Waals surface area contributed by atoms with Gasteiger partial charge < -0.3 is 10.6 Å². The number of para-hydroxylation sites is 1. The molecule has 1 unspecified atom stereocenters. The van der Waals surface area contributed by atoms with E-state index in [9.17, 15) is 10.1 Å². The number of benzene rings is 3. The average molecular weight is 299 g/mol. The number of fused-ring (bicyclic) bond motifs is 2. The van der Waals surface area contributed by atoms with Crippen LogP contribution in [0.2, 0.25) is 0 Å². The molecule has 0 bridgehead atoms. The molecule has 4 heteroatoms. The third-order valence-electron chi connectivity index (χ3n) is 4.20. The average Bonchev–Trinajstić information content (AvgIpc) is 2.87. The summed E-state index contributed by atoms with van der Waals surface area (Å²) < 4.78 is 0. The molecule has 0 aromatic heterocycles. The zero-order valence-electron chi connectivity index (χ0n) is 12.2. The molecule has 3 aromatic rings. The van der Waals surface area contributed by atoms with Crippen LogP contribution in [0.15, 0.2) is 66.7 Å². The van der Waals surface area contributed by atoms with Crippen LogP contribution in [0.25, 0.3) is 10.8 Å². The third kappa shape index (κ3) is 1.87. The van der Waals surface area contributed by atoms with Crippen molar-refractivity contribution in [3.63, 3.8) is 0 Å². The van der Waals surface area contributed by atoms with Crippen molar-refractivity contribution in [3.05, 3.63) is 72.3 Å². The van der Waals surface area contributed by atoms with Crippen LogP contribution in [-0.4, -0.2) is 5.91 Å². The standard InChI is InChI=1S/C19H13N3O/c20-12-19(15-9-3-4-10-17(15)21-18(19)23)22-16-11-5-7-13-6-1-2-8-14(13)16/h1-11,22H,(H,21,23). The van der Waals surface area contributed by atoms with Crippen LogP contribution in [0.5, 0.6) is 0 Å². The molecule has 0 radical (unpaired) electrons. The Balaban J connectivity index is 1.89. The van der Waals surface area contributed by atoms with Crippen LogP contribution in [0.3, 0.4) is 0 Å². The Labute approximate surface area is 133 Å². The molecule has 0 aliphatic carbocycles. The van der Waals surface area contributed by atoms with Crippen LogP contribution in [0, 0.1) is 11.3 Å². The Morgan fingerprint density at radius 2 is 1.70 bits per heavy atom. The Morgan fingerprint density at radius 1 is 0.957 bits per heavy atom. The number of rotatable bonds is 2. The predicted molar refractivity (Wildman–Crippen MR) is 89.9 cm³/mol. The van der Waals surface area contributed by atoms with E-state index in [4.69, 9.17) is 0 Å². The molecular formula is C19H13N3O. The van der Waals surface area contributed by atoms with Gasteiger partial charge in [0.25, 0.3) is 5.91 Å². The zero-order valence-corrected chi connectivity index (χ0v) is 12.2. The minimum atomic E-state index is -1.42. The van der Waals surface area contributed by atoms with Gasteiger partial charge in [-0.2, -0.15) is 5.26 Å². The number of carbonyl (C=O) groups excluding carboxylic acids is 1. The highest BCUT2D eigenvalue weighted by Crippen LogP contribution is 2.39. The van der Waals surface area contributed by atoms with Crippen LogP contribution >= 0.6 is 0 Å². The smallest absolute Gasteiger partial charge is 0.269 e. The second-order valence-corrected chi connectivity index (χ2v) is 5.51. The molecule has 1 atom stereocenters. The van der Waals surface area contributed by atoms with Crippen molar-refractivity contribution < 1.29 is 4.79 Å². The highest BCUT2D eigenvalue weighted by molar-refractivity contribution is 6.11. The van der Waals surface area contributed by atoms with Crippen molar-refractivity contribution in [3.8, 4) is 6.07 Å². The third-order valence-corrected chi connectivity index (χ3v) is 4.20. The van der Waals surface area contributed by atoms with E-state index < -0.39 is 5.54 Å². The highest BCUT2D eigenvalue weighted by atomic mass is 16.2. The second-order valence-electron chi connectivity index (χ2n) is 5.51. The van der Waals surface area contributed by atoms with Crippen LogP contribution < -0.4 is 10.6 Å². The maximum atomic E-state index is 12.5. The quantitative estimate of drug-likeness (QED) is 0.759. The van der Waals surface area contributed by atoms with Gasteiger partial charge >= 0.3 is 0 Å². The fraction of sp³-hybridized carbons (Fsp3) is 0.0526. The maximum Gasteiger partial charge on any atom is 0.269 e. The molecular weight excluding hydrogens is 286 g/mol. The van der Waals surface area contributed by atoms with E-state index in [2.05, 4.69) is 16.7 Å². The van der Waals surface area contributed by atoms with Gasteiger partial charge in [0.2, 0.25) is 5.54 Å². The van der Waals surface area contributed by atoms with E-state index >= 15 is 0 Å². The van der Waals surface area contributed by atoms with Gasteiger partial charge in [-0.1, -0.05) is 54.6 Å². The molecule has 4 nitrogen and oxygen atoms in total. The molecule has 4 rings (SSSR count). The van der Waals surface area contributed by atoms with Gasteiger partial charge in [-0.25, -0.2) is 0 Å². The first-order valence-electron chi connectivity index (χ1n) is 7.33. The summed E-state index contributed by atoms with van der Waals surface area (Å²) in [6.07, 6.45) is 0. The van der Waals surface area contributed by atoms with E-state index in [1.54, 1.807) is 12.1 Å². The zero-order chi connectivity index (χ0) is 15.9. The van der Waals surface area contributed by atoms with Crippen molar-refractivity contribution in [2.45, 2.75) is 5.54 Å². The van der Waals surface area contributed by atoms with Crippen molar-refractivity contribution >= 4 is 28.1 Å². The van der Waals surface area contributed by atoms with Crippen molar-refractivity contribution in [2.24, 2.45) is 0 Å². The molecule has 1 aliphatic rings. The van der Waals surface area contributed by atoms with Crippen LogP contribution in [0.1, 0.15) is 5.56 Å². The number of nitriles is 1. The number of hydrogen-bond donors (Lipinski definition) is 2. The number of carbonyl (C=O) groups is 1. The van der Waals surface area contributed by atoms with Gasteiger partial charge in [-0.05, 0) is 17.5 Å². The lowest BCUT2D eigenvalue weighted by Gasteiger charge is -2.23. The largest absolute Gasteiger partial charge is 0.355 e. The summed E-state index contributed by atoms with van der Waals surface area (Å²) in [6, 6.07) is 23.1. The number of hydrogen-bond acceptors (Lipinski definition) is 3. The summed E-state index contributed by atoms with van der Waals surface area (Å²) in [7, 11) is 0. The lowest BCUT2D eigenvalue weighted by Crippen LogP contribution is -2.40. The second kappa shape index (κ2) is 4.85. The van der Waals surface area contributed by atoms with E-state index in [0.717, 1.165) is 16.5 Å². The predicted octanol–water partition coefficient (Wildman–Crippen LogP) is 3.62. The molecule has 2 N–H and O–H groups in total. The van der Waals surface area contributed by atoms with Gasteiger partial charge in [-0.15, -0.1) is 0 Å². The van der Waals surface area contributed by atoms with Crippen LogP contribution in [0.4, 0.5) is 11.4 Å². The van der Waals surface area contributed by atoms with Gasteiger partial charge in [0.1, 0.15) is 6.07 Å². The number of nitrogens with zero attached hydrogens (tertiary/aromatic N) is 1. The summed E-state index contributed by atoms with van der Waals surface area (Å²) in [5, 5.41) is 17.8. The first kappa shape index (κ1) is 13.4. The van der Waals surface area contributed by atoms with E-state index in [0.29, 0.717) is 11.3 Å². The Hall–Kier alpha value is -3.32. The number of amides is 1. The van der Waals surface area contributed by atoms with Gasteiger partial charge in [0.05, 0.1) is 0 Å². The number of nitrogens with one attached hydrogen (secondary N) is 2. The maximum absolute atomic E-state index is 12.5. The molecule has 1 heterocycles. The summed E-state index contributed by atoms with van der Waals surface area (Å²) >= 11 is 0. The summed E-state index contributed by atoms with van der Waals surface area (Å²) in [5.41, 5.74) is 0.671. The highest BCUT2D eigenvalue weighted by Gasteiger charge is 2.47. The fourth-order valence-corrected chi connectivity index (χ4v) is 3.06. The minimum Gasteiger partial charge on any atom is -0.355 e. The van der Waals surface area contributed by atoms with Crippen LogP contribution in [-0.2, 0) is 10.3 Å². The Morgan fingerprint density at radius 3 is 2.57 bits per heavy atom. The molecule has 110 valence electrons. The van der Waals surface area contributed by atoms with Gasteiger partial charge in [0.15, 0.2) is 0 Å². The van der Waals surface area contributed by atoms with Crippen molar-refractivity contribution in [1.29, 1.82) is 5.26 Å². The van der Waals surface area contributed by atoms with Crippen molar-refractivity contribution in [1.82, 2.24) is 0 Å². The lowest BCUT2D eigenvalue weighted by molar-refractivity contribution is -0.118. The SMILES string of the molecule is N#CC1(Nc2cccc3ccccc23)C(=O)Nc2ccccc21. The molecule has 0 saturated carbocycles. The normalized spacial score (nSPS) is 19.0. The molecule has 1 aliphatic heterocycles. The van der Waals surface area contributed by atoms with Crippen molar-refractivity contribution in [2.75, 3.05) is 10.6 Å². The molecule has 3 aromatic carbocycles. The lowest BCUT2D eigenvalue weighted by atomic mass is 9.92. The molecule has 0 saturated heterocycles. The fourth-order valence-electron chi connectivity index (χ4n) is 3.06. The molecule has 0 spiro atoms. The Bertz CT molecular complexity index is 968. The van der Waals surface area contributed by atoms with E-state index in [1.165, 1.54) is 0 Å². The molecule has 23 heavy (non-hydrogen) atoms. The summed E-state index contributed by atoms with van der Waals surface area (Å²) in [6.45, 7) is 0. The first-order chi connectivity index (χ1) is 11.2. The topological polar surface area (TPSA) is 64.9 Å². The minimum absolute atomic E-state index is 0.353. The van der Waals surface area contributed by atoms with Gasteiger partial charge in [0, 0.05) is 22.3 Å². The monoisotopic (exact) mass is 299 g/mol. The molecule has 1 amide bonds. The Kier molecular flexibility index (Phi) is 2.82.